The lowest BCUT2D eigenvalue weighted by atomic mass is 9.95. The molecule has 6 heteroatoms. The van der Waals surface area contributed by atoms with E-state index in [1.807, 2.05) is 34.2 Å². The van der Waals surface area contributed by atoms with Crippen molar-refractivity contribution in [2.75, 3.05) is 0 Å². The fourth-order valence-electron chi connectivity index (χ4n) is 3.39. The Morgan fingerprint density at radius 2 is 1.96 bits per heavy atom. The second-order valence-electron chi connectivity index (χ2n) is 6.45. The summed E-state index contributed by atoms with van der Waals surface area (Å²) in [6.07, 6.45) is 8.45. The summed E-state index contributed by atoms with van der Waals surface area (Å²) in [5, 5.41) is 5.23. The van der Waals surface area contributed by atoms with Gasteiger partial charge in [-0.25, -0.2) is 4.98 Å². The minimum atomic E-state index is 0. The normalized spacial score (nSPS) is 15.0. The van der Waals surface area contributed by atoms with Crippen molar-refractivity contribution in [3.05, 3.63) is 47.6 Å². The van der Waals surface area contributed by atoms with Crippen molar-refractivity contribution < 1.29 is 4.79 Å². The molecule has 1 aliphatic carbocycles. The molecule has 0 aliphatic heterocycles. The molecule has 25 heavy (non-hydrogen) atoms. The molecule has 4 rings (SSSR count). The molecule has 3 aromatic rings. The molecule has 0 atom stereocenters. The maximum absolute atomic E-state index is 12.4. The number of imidazole rings is 1. The second kappa shape index (κ2) is 8.02. The molecule has 1 aliphatic rings. The topological polar surface area (TPSA) is 46.4 Å². The molecule has 132 valence electrons. The van der Waals surface area contributed by atoms with E-state index >= 15 is 0 Å². The zero-order valence-corrected chi connectivity index (χ0v) is 15.6. The molecular formula is C19H22ClN3OS. The van der Waals surface area contributed by atoms with Crippen molar-refractivity contribution in [1.29, 1.82) is 0 Å². The number of amides is 1. The fourth-order valence-corrected chi connectivity index (χ4v) is 4.27. The Morgan fingerprint density at radius 1 is 1.20 bits per heavy atom. The van der Waals surface area contributed by atoms with Crippen LogP contribution in [0, 0.1) is 0 Å². The number of carbonyl (C=O) groups is 1. The van der Waals surface area contributed by atoms with Gasteiger partial charge in [0.1, 0.15) is 0 Å². The first-order valence-electron chi connectivity index (χ1n) is 8.60. The minimum absolute atomic E-state index is 0. The smallest absolute Gasteiger partial charge is 0.226 e. The number of hydrogen-bond donors (Lipinski definition) is 1. The molecule has 1 saturated carbocycles. The number of hydrogen-bond acceptors (Lipinski definition) is 3. The summed E-state index contributed by atoms with van der Waals surface area (Å²) in [5.74, 6) is 0.122. The third-order valence-electron chi connectivity index (χ3n) is 4.66. The molecule has 0 spiro atoms. The van der Waals surface area contributed by atoms with Gasteiger partial charge in [0.05, 0.1) is 12.1 Å². The Labute approximate surface area is 157 Å². The Morgan fingerprint density at radius 3 is 2.72 bits per heavy atom. The summed E-state index contributed by atoms with van der Waals surface area (Å²) in [7, 11) is 0. The number of nitrogens with zero attached hydrogens (tertiary/aromatic N) is 2. The van der Waals surface area contributed by atoms with Crippen LogP contribution in [0.2, 0.25) is 0 Å². The lowest BCUT2D eigenvalue weighted by molar-refractivity contribution is -0.121. The molecule has 1 fully saturated rings. The van der Waals surface area contributed by atoms with Crippen LogP contribution in [0.5, 0.6) is 0 Å². The Balaban J connectivity index is 0.00000182. The lowest BCUT2D eigenvalue weighted by Gasteiger charge is -2.22. The average molecular weight is 376 g/mol. The molecule has 1 aromatic carbocycles. The van der Waals surface area contributed by atoms with E-state index in [-0.39, 0.29) is 18.3 Å². The number of halogens is 1. The number of carbonyl (C=O) groups excluding carboxylic acids is 1. The van der Waals surface area contributed by atoms with Crippen LogP contribution in [0.25, 0.3) is 16.2 Å². The number of thiazole rings is 1. The third-order valence-corrected chi connectivity index (χ3v) is 5.55. The van der Waals surface area contributed by atoms with E-state index in [4.69, 9.17) is 0 Å². The van der Waals surface area contributed by atoms with E-state index in [0.717, 1.165) is 34.8 Å². The highest BCUT2D eigenvalue weighted by Crippen LogP contribution is 2.24. The molecule has 2 aromatic heterocycles. The summed E-state index contributed by atoms with van der Waals surface area (Å²) < 4.78 is 2.05. The fraction of sp³-hybridized carbons (Fsp3) is 0.368. The van der Waals surface area contributed by atoms with Crippen LogP contribution in [0.3, 0.4) is 0 Å². The quantitative estimate of drug-likeness (QED) is 0.730. The zero-order valence-electron chi connectivity index (χ0n) is 14.0. The van der Waals surface area contributed by atoms with Gasteiger partial charge < -0.3 is 5.32 Å². The zero-order chi connectivity index (χ0) is 16.4. The van der Waals surface area contributed by atoms with Crippen LogP contribution >= 0.6 is 23.7 Å². The first-order chi connectivity index (χ1) is 11.8. The van der Waals surface area contributed by atoms with Crippen LogP contribution in [-0.2, 0) is 11.2 Å². The Kier molecular flexibility index (Phi) is 5.76. The Hall–Kier alpha value is -1.85. The first kappa shape index (κ1) is 18.0. The van der Waals surface area contributed by atoms with Gasteiger partial charge in [-0.1, -0.05) is 49.6 Å². The van der Waals surface area contributed by atoms with Gasteiger partial charge in [-0.2, -0.15) is 0 Å². The number of nitrogens with one attached hydrogen (secondary N) is 1. The highest BCUT2D eigenvalue weighted by molar-refractivity contribution is 7.15. The number of rotatable bonds is 4. The van der Waals surface area contributed by atoms with E-state index in [0.29, 0.717) is 12.5 Å². The van der Waals surface area contributed by atoms with Gasteiger partial charge in [0.25, 0.3) is 0 Å². The van der Waals surface area contributed by atoms with Crippen LogP contribution in [0.4, 0.5) is 0 Å². The van der Waals surface area contributed by atoms with Gasteiger partial charge in [0, 0.05) is 28.9 Å². The van der Waals surface area contributed by atoms with Gasteiger partial charge in [0.15, 0.2) is 4.96 Å². The summed E-state index contributed by atoms with van der Waals surface area (Å²) in [4.78, 5) is 18.0. The number of benzene rings is 1. The maximum Gasteiger partial charge on any atom is 0.226 e. The van der Waals surface area contributed by atoms with E-state index in [9.17, 15) is 4.79 Å². The monoisotopic (exact) mass is 375 g/mol. The highest BCUT2D eigenvalue weighted by atomic mass is 35.5. The predicted molar refractivity (Wildman–Crippen MR) is 104 cm³/mol. The number of aromatic nitrogens is 2. The largest absolute Gasteiger partial charge is 0.353 e. The van der Waals surface area contributed by atoms with Crippen molar-refractivity contribution in [3.63, 3.8) is 0 Å². The first-order valence-corrected chi connectivity index (χ1v) is 9.48. The summed E-state index contributed by atoms with van der Waals surface area (Å²) in [5.41, 5.74) is 3.07. The Bertz CT molecular complexity index is 837. The van der Waals surface area contributed by atoms with Crippen LogP contribution < -0.4 is 5.32 Å². The standard InChI is InChI=1S/C19H21N3OS.ClH/c23-18(20-15-9-5-2-6-10-15)11-16-13-24-19-21-17(12-22(16)19)14-7-3-1-4-8-14;/h1,3-4,7-8,12-13,15H,2,5-6,9-11H2,(H,20,23);1H. The summed E-state index contributed by atoms with van der Waals surface area (Å²) in [6.45, 7) is 0. The summed E-state index contributed by atoms with van der Waals surface area (Å²) >= 11 is 1.59. The molecule has 0 saturated heterocycles. The molecule has 0 radical (unpaired) electrons. The second-order valence-corrected chi connectivity index (χ2v) is 7.29. The molecule has 1 N–H and O–H groups in total. The van der Waals surface area contributed by atoms with Gasteiger partial charge in [-0.15, -0.1) is 23.7 Å². The van der Waals surface area contributed by atoms with Gasteiger partial charge in [0.2, 0.25) is 5.91 Å². The molecule has 4 nitrogen and oxygen atoms in total. The van der Waals surface area contributed by atoms with Crippen molar-refractivity contribution in [2.45, 2.75) is 44.6 Å². The average Bonchev–Trinajstić information content (AvgIpc) is 3.19. The van der Waals surface area contributed by atoms with Gasteiger partial charge in [-0.3, -0.25) is 9.20 Å². The molecular weight excluding hydrogens is 354 g/mol. The molecule has 0 unspecified atom stereocenters. The highest BCUT2D eigenvalue weighted by Gasteiger charge is 2.17. The third kappa shape index (κ3) is 4.05. The van der Waals surface area contributed by atoms with Crippen LogP contribution in [0.1, 0.15) is 37.8 Å². The van der Waals surface area contributed by atoms with Crippen molar-refractivity contribution in [2.24, 2.45) is 0 Å². The molecule has 2 heterocycles. The molecule has 1 amide bonds. The SMILES string of the molecule is Cl.O=C(Cc1csc2nc(-c3ccccc3)cn12)NC1CCCCC1. The summed E-state index contributed by atoms with van der Waals surface area (Å²) in [6, 6.07) is 10.5. The molecule has 0 bridgehead atoms. The number of fused-ring (bicyclic) bond motifs is 1. The van der Waals surface area contributed by atoms with E-state index < -0.39 is 0 Å². The lowest BCUT2D eigenvalue weighted by Crippen LogP contribution is -2.37. The van der Waals surface area contributed by atoms with E-state index in [1.165, 1.54) is 19.3 Å². The van der Waals surface area contributed by atoms with Crippen molar-refractivity contribution in [3.8, 4) is 11.3 Å². The maximum atomic E-state index is 12.4. The predicted octanol–water partition coefficient (Wildman–Crippen LogP) is 4.48. The van der Waals surface area contributed by atoms with Gasteiger partial charge >= 0.3 is 0 Å². The minimum Gasteiger partial charge on any atom is -0.353 e. The van der Waals surface area contributed by atoms with Crippen LogP contribution in [0.15, 0.2) is 41.9 Å². The van der Waals surface area contributed by atoms with E-state index in [2.05, 4.69) is 22.4 Å². The van der Waals surface area contributed by atoms with E-state index in [1.54, 1.807) is 11.3 Å². The van der Waals surface area contributed by atoms with Crippen molar-refractivity contribution in [1.82, 2.24) is 14.7 Å². The van der Waals surface area contributed by atoms with Crippen LogP contribution in [-0.4, -0.2) is 21.3 Å². The van der Waals surface area contributed by atoms with Crippen molar-refractivity contribution >= 4 is 34.6 Å². The van der Waals surface area contributed by atoms with Gasteiger partial charge in [-0.05, 0) is 12.8 Å².